The third-order valence-electron chi connectivity index (χ3n) is 3.09. The first-order valence-corrected chi connectivity index (χ1v) is 8.78. The lowest BCUT2D eigenvalue weighted by molar-refractivity contribution is -0.123. The Hall–Kier alpha value is -1.69. The Kier molecular flexibility index (Phi) is 6.97. The Morgan fingerprint density at radius 2 is 1.83 bits per heavy atom. The molecule has 0 aliphatic heterocycles. The number of benzene rings is 2. The van der Waals surface area contributed by atoms with Crippen molar-refractivity contribution in [2.24, 2.45) is 0 Å². The number of nitrogens with one attached hydrogen (secondary N) is 1. The van der Waals surface area contributed by atoms with Crippen LogP contribution in [0.1, 0.15) is 15.9 Å². The molecule has 0 heterocycles. The summed E-state index contributed by atoms with van der Waals surface area (Å²) in [5.41, 5.74) is 1.42. The zero-order chi connectivity index (χ0) is 17.5. The van der Waals surface area contributed by atoms with Crippen LogP contribution in [0.2, 0.25) is 10.0 Å². The van der Waals surface area contributed by atoms with Crippen molar-refractivity contribution in [2.75, 3.05) is 13.7 Å². The molecule has 126 valence electrons. The summed E-state index contributed by atoms with van der Waals surface area (Å²) < 4.78 is 4.89. The average Bonchev–Trinajstić information content (AvgIpc) is 2.60. The highest BCUT2D eigenvalue weighted by molar-refractivity contribution is 7.98. The van der Waals surface area contributed by atoms with E-state index in [2.05, 4.69) is 5.32 Å². The number of thioether (sulfide) groups is 1. The van der Waals surface area contributed by atoms with Gasteiger partial charge in [-0.25, -0.2) is 4.79 Å². The normalized spacial score (nSPS) is 10.3. The van der Waals surface area contributed by atoms with E-state index in [1.54, 1.807) is 36.0 Å². The molecule has 0 atom stereocenters. The zero-order valence-corrected chi connectivity index (χ0v) is 15.2. The van der Waals surface area contributed by atoms with Gasteiger partial charge in [-0.2, -0.15) is 0 Å². The van der Waals surface area contributed by atoms with Crippen molar-refractivity contribution in [2.45, 2.75) is 10.6 Å². The third kappa shape index (κ3) is 5.44. The van der Waals surface area contributed by atoms with Crippen LogP contribution in [-0.4, -0.2) is 25.5 Å². The molecule has 24 heavy (non-hydrogen) atoms. The van der Waals surface area contributed by atoms with Crippen molar-refractivity contribution in [3.05, 3.63) is 63.6 Å². The minimum absolute atomic E-state index is 0.291. The molecule has 2 aromatic carbocycles. The molecule has 0 aliphatic rings. The number of carbonyl (C=O) groups is 2. The fraction of sp³-hybridized carbons (Fsp3) is 0.176. The van der Waals surface area contributed by atoms with E-state index >= 15 is 0 Å². The van der Waals surface area contributed by atoms with Crippen LogP contribution < -0.4 is 5.32 Å². The van der Waals surface area contributed by atoms with Crippen LogP contribution in [0.3, 0.4) is 0 Å². The molecule has 0 saturated carbocycles. The molecule has 0 fully saturated rings. The molecule has 0 spiro atoms. The average molecular weight is 384 g/mol. The van der Waals surface area contributed by atoms with Gasteiger partial charge in [0.25, 0.3) is 5.91 Å². The number of halogens is 2. The molecule has 0 unspecified atom stereocenters. The lowest BCUT2D eigenvalue weighted by Crippen LogP contribution is -2.25. The second-order valence-corrected chi connectivity index (χ2v) is 6.67. The number of carbonyl (C=O) groups excluding carboxylic acids is 2. The van der Waals surface area contributed by atoms with Crippen molar-refractivity contribution in [3.8, 4) is 0 Å². The van der Waals surface area contributed by atoms with Crippen LogP contribution in [0.15, 0.2) is 47.4 Å². The number of esters is 1. The highest BCUT2D eigenvalue weighted by Gasteiger charge is 2.09. The number of likely N-dealkylation sites (N-methyl/N-ethyl adjacent to an activating group) is 1. The third-order valence-corrected chi connectivity index (χ3v) is 4.89. The van der Waals surface area contributed by atoms with Crippen LogP contribution in [0.25, 0.3) is 0 Å². The van der Waals surface area contributed by atoms with E-state index in [1.807, 2.05) is 18.2 Å². The maximum absolute atomic E-state index is 11.8. The topological polar surface area (TPSA) is 55.4 Å². The summed E-state index contributed by atoms with van der Waals surface area (Å²) in [7, 11) is 1.48. The smallest absolute Gasteiger partial charge is 0.338 e. The maximum atomic E-state index is 11.8. The molecule has 0 bridgehead atoms. The second kappa shape index (κ2) is 8.97. The molecule has 2 rings (SSSR count). The number of rotatable bonds is 6. The summed E-state index contributed by atoms with van der Waals surface area (Å²) in [4.78, 5) is 23.8. The first-order valence-electron chi connectivity index (χ1n) is 7.04. The number of ether oxygens (including phenoxy) is 1. The van der Waals surface area contributed by atoms with Crippen LogP contribution in [0.5, 0.6) is 0 Å². The molecule has 0 aliphatic carbocycles. The van der Waals surface area contributed by atoms with E-state index in [0.29, 0.717) is 21.4 Å². The Morgan fingerprint density at radius 1 is 1.12 bits per heavy atom. The van der Waals surface area contributed by atoms with Gasteiger partial charge in [0.05, 0.1) is 10.6 Å². The number of hydrogen-bond acceptors (Lipinski definition) is 4. The van der Waals surface area contributed by atoms with Crippen LogP contribution in [0.4, 0.5) is 0 Å². The van der Waals surface area contributed by atoms with Gasteiger partial charge < -0.3 is 10.1 Å². The van der Waals surface area contributed by atoms with Gasteiger partial charge >= 0.3 is 5.97 Å². The summed E-state index contributed by atoms with van der Waals surface area (Å²) in [5.74, 6) is -0.196. The van der Waals surface area contributed by atoms with Crippen molar-refractivity contribution in [1.82, 2.24) is 5.32 Å². The Labute approximate surface area is 154 Å². The molecule has 1 N–H and O–H groups in total. The van der Waals surface area contributed by atoms with Gasteiger partial charge in [0.2, 0.25) is 0 Å². The van der Waals surface area contributed by atoms with Crippen LogP contribution in [-0.2, 0) is 15.3 Å². The van der Waals surface area contributed by atoms with Crippen molar-refractivity contribution < 1.29 is 14.3 Å². The lowest BCUT2D eigenvalue weighted by atomic mass is 10.1. The summed E-state index contributed by atoms with van der Waals surface area (Å²) in [6.07, 6.45) is 0. The van der Waals surface area contributed by atoms with Gasteiger partial charge in [-0.1, -0.05) is 35.3 Å². The summed E-state index contributed by atoms with van der Waals surface area (Å²) in [6.45, 7) is -0.291. The highest BCUT2D eigenvalue weighted by atomic mass is 35.5. The van der Waals surface area contributed by atoms with Gasteiger partial charge in [0.15, 0.2) is 6.61 Å². The lowest BCUT2D eigenvalue weighted by Gasteiger charge is -2.07. The number of amides is 1. The first kappa shape index (κ1) is 18.6. The standard InChI is InChI=1S/C17H15Cl2NO3S/c1-20-16(21)9-23-17(22)12-4-2-11(3-5-12)10-24-15-8-13(18)6-7-14(15)19/h2-8H,9-10H2,1H3,(H,20,21). The summed E-state index contributed by atoms with van der Waals surface area (Å²) in [5, 5.41) is 3.67. The molecule has 0 saturated heterocycles. The first-order chi connectivity index (χ1) is 11.5. The largest absolute Gasteiger partial charge is 0.452 e. The molecule has 2 aromatic rings. The van der Waals surface area contributed by atoms with E-state index in [0.717, 1.165) is 10.5 Å². The minimum atomic E-state index is -0.532. The summed E-state index contributed by atoms with van der Waals surface area (Å²) in [6, 6.07) is 12.3. The molecule has 0 radical (unpaired) electrons. The van der Waals surface area contributed by atoms with Crippen molar-refractivity contribution in [1.29, 1.82) is 0 Å². The molecule has 0 aromatic heterocycles. The SMILES string of the molecule is CNC(=O)COC(=O)c1ccc(CSc2cc(Cl)ccc2Cl)cc1. The summed E-state index contributed by atoms with van der Waals surface area (Å²) >= 11 is 13.7. The Balaban J connectivity index is 1.93. The molecular formula is C17H15Cl2NO3S. The fourth-order valence-electron chi connectivity index (χ4n) is 1.77. The van der Waals surface area contributed by atoms with Gasteiger partial charge in [-0.3, -0.25) is 4.79 Å². The van der Waals surface area contributed by atoms with Crippen LogP contribution >= 0.6 is 35.0 Å². The zero-order valence-electron chi connectivity index (χ0n) is 12.8. The predicted octanol–water partition coefficient (Wildman–Crippen LogP) is 4.19. The van der Waals surface area contributed by atoms with Crippen molar-refractivity contribution >= 4 is 46.8 Å². The minimum Gasteiger partial charge on any atom is -0.452 e. The fourth-order valence-corrected chi connectivity index (χ4v) is 3.22. The van der Waals surface area contributed by atoms with Crippen molar-refractivity contribution in [3.63, 3.8) is 0 Å². The predicted molar refractivity (Wildman–Crippen MR) is 96.8 cm³/mol. The van der Waals surface area contributed by atoms with Crippen LogP contribution in [0, 0.1) is 0 Å². The van der Waals surface area contributed by atoms with Gasteiger partial charge in [-0.05, 0) is 35.9 Å². The second-order valence-electron chi connectivity index (χ2n) is 4.81. The van der Waals surface area contributed by atoms with E-state index in [4.69, 9.17) is 27.9 Å². The Bertz CT molecular complexity index is 735. The monoisotopic (exact) mass is 383 g/mol. The quantitative estimate of drug-likeness (QED) is 0.600. The van der Waals surface area contributed by atoms with E-state index in [-0.39, 0.29) is 12.5 Å². The highest BCUT2D eigenvalue weighted by Crippen LogP contribution is 2.32. The van der Waals surface area contributed by atoms with E-state index < -0.39 is 5.97 Å². The Morgan fingerprint density at radius 3 is 2.50 bits per heavy atom. The van der Waals surface area contributed by atoms with Gasteiger partial charge in [0.1, 0.15) is 0 Å². The van der Waals surface area contributed by atoms with Gasteiger partial charge in [0, 0.05) is 22.7 Å². The van der Waals surface area contributed by atoms with Gasteiger partial charge in [-0.15, -0.1) is 11.8 Å². The van der Waals surface area contributed by atoms with E-state index in [1.165, 1.54) is 7.05 Å². The molecular weight excluding hydrogens is 369 g/mol. The molecule has 1 amide bonds. The molecule has 4 nitrogen and oxygen atoms in total. The van der Waals surface area contributed by atoms with E-state index in [9.17, 15) is 9.59 Å². The number of hydrogen-bond donors (Lipinski definition) is 1. The molecule has 7 heteroatoms. The maximum Gasteiger partial charge on any atom is 0.338 e.